The van der Waals surface area contributed by atoms with Crippen LogP contribution in [-0.2, 0) is 5.60 Å². The van der Waals surface area contributed by atoms with Crippen molar-refractivity contribution in [1.29, 1.82) is 0 Å². The van der Waals surface area contributed by atoms with Gasteiger partial charge in [-0.15, -0.1) is 0 Å². The van der Waals surface area contributed by atoms with Gasteiger partial charge in [0.05, 0.1) is 0 Å². The van der Waals surface area contributed by atoms with Crippen LogP contribution >= 0.6 is 0 Å². The number of benzene rings is 1. The molecule has 0 saturated carbocycles. The first-order valence-electron chi connectivity index (χ1n) is 5.63. The first kappa shape index (κ1) is 10.7. The fourth-order valence-electron chi connectivity index (χ4n) is 2.48. The van der Waals surface area contributed by atoms with Crippen LogP contribution in [0.1, 0.15) is 25.3 Å². The van der Waals surface area contributed by atoms with Gasteiger partial charge in [0.1, 0.15) is 5.60 Å². The summed E-state index contributed by atoms with van der Waals surface area (Å²) in [5.74, 6) is 0. The second kappa shape index (κ2) is 3.95. The number of likely N-dealkylation sites (N-methyl/N-ethyl adjacent to an activating group) is 1. The molecular weight excluding hydrogens is 186 g/mol. The Morgan fingerprint density at radius 2 is 2.00 bits per heavy atom. The third-order valence-electron chi connectivity index (χ3n) is 3.69. The summed E-state index contributed by atoms with van der Waals surface area (Å²) in [7, 11) is 2.08. The largest absolute Gasteiger partial charge is 0.384 e. The molecule has 0 spiro atoms. The van der Waals surface area contributed by atoms with Gasteiger partial charge in [-0.2, -0.15) is 0 Å². The van der Waals surface area contributed by atoms with E-state index in [1.807, 2.05) is 30.3 Å². The fourth-order valence-corrected chi connectivity index (χ4v) is 2.48. The van der Waals surface area contributed by atoms with Crippen molar-refractivity contribution in [2.75, 3.05) is 13.6 Å². The molecule has 0 bridgehead atoms. The molecule has 1 saturated heterocycles. The Morgan fingerprint density at radius 3 is 2.67 bits per heavy atom. The third kappa shape index (κ3) is 1.80. The molecule has 1 aliphatic heterocycles. The minimum absolute atomic E-state index is 0.189. The minimum atomic E-state index is -0.672. The van der Waals surface area contributed by atoms with Crippen molar-refractivity contribution < 1.29 is 5.11 Å². The number of aliphatic hydroxyl groups is 1. The van der Waals surface area contributed by atoms with Gasteiger partial charge in [-0.05, 0) is 38.9 Å². The van der Waals surface area contributed by atoms with Crippen LogP contribution in [0.3, 0.4) is 0 Å². The minimum Gasteiger partial charge on any atom is -0.384 e. The van der Waals surface area contributed by atoms with Crippen LogP contribution in [0.25, 0.3) is 0 Å². The lowest BCUT2D eigenvalue weighted by molar-refractivity contribution is -0.0711. The molecular formula is C13H19NO. The molecule has 0 unspecified atom stereocenters. The van der Waals surface area contributed by atoms with Crippen LogP contribution in [0.2, 0.25) is 0 Å². The lowest BCUT2D eigenvalue weighted by atomic mass is 9.80. The average Bonchev–Trinajstić information content (AvgIpc) is 2.27. The first-order valence-corrected chi connectivity index (χ1v) is 5.63. The molecule has 0 aromatic heterocycles. The van der Waals surface area contributed by atoms with Crippen molar-refractivity contribution in [3.8, 4) is 0 Å². The highest BCUT2D eigenvalue weighted by atomic mass is 16.3. The van der Waals surface area contributed by atoms with E-state index in [2.05, 4.69) is 18.9 Å². The summed E-state index contributed by atoms with van der Waals surface area (Å²) in [6.07, 6.45) is 1.93. The zero-order valence-corrected chi connectivity index (χ0v) is 9.48. The zero-order valence-electron chi connectivity index (χ0n) is 9.48. The van der Waals surface area contributed by atoms with E-state index in [4.69, 9.17) is 0 Å². The van der Waals surface area contributed by atoms with Crippen molar-refractivity contribution in [1.82, 2.24) is 4.90 Å². The van der Waals surface area contributed by atoms with Crippen molar-refractivity contribution in [3.05, 3.63) is 35.9 Å². The van der Waals surface area contributed by atoms with Gasteiger partial charge in [-0.3, -0.25) is 0 Å². The number of hydrogen-bond donors (Lipinski definition) is 1. The van der Waals surface area contributed by atoms with Crippen molar-refractivity contribution in [3.63, 3.8) is 0 Å². The summed E-state index contributed by atoms with van der Waals surface area (Å²) in [6, 6.07) is 10.2. The number of rotatable bonds is 1. The number of piperidine rings is 1. The van der Waals surface area contributed by atoms with Crippen molar-refractivity contribution in [2.24, 2.45) is 0 Å². The van der Waals surface area contributed by atoms with E-state index >= 15 is 0 Å². The standard InChI is InChI=1S/C13H19NO/c1-11-13(15,9-6-10-14(11)2)12-7-4-3-5-8-12/h3-5,7-8,11,15H,6,9-10H2,1-2H3/t11-,13-/m0/s1. The summed E-state index contributed by atoms with van der Waals surface area (Å²) in [6.45, 7) is 3.18. The second-order valence-electron chi connectivity index (χ2n) is 4.55. The Labute approximate surface area is 91.5 Å². The number of hydrogen-bond acceptors (Lipinski definition) is 2. The topological polar surface area (TPSA) is 23.5 Å². The van der Waals surface area contributed by atoms with Crippen LogP contribution in [0, 0.1) is 0 Å². The lowest BCUT2D eigenvalue weighted by Gasteiger charge is -2.44. The normalized spacial score (nSPS) is 32.9. The molecule has 1 aliphatic rings. The smallest absolute Gasteiger partial charge is 0.105 e. The predicted octanol–water partition coefficient (Wildman–Crippen LogP) is 1.99. The Bertz CT molecular complexity index is 325. The van der Waals surface area contributed by atoms with Gasteiger partial charge in [-0.1, -0.05) is 30.3 Å². The Morgan fingerprint density at radius 1 is 1.33 bits per heavy atom. The molecule has 1 aromatic carbocycles. The molecule has 1 N–H and O–H groups in total. The van der Waals surface area contributed by atoms with E-state index in [0.717, 1.165) is 24.9 Å². The molecule has 2 rings (SSSR count). The molecule has 1 heterocycles. The van der Waals surface area contributed by atoms with Gasteiger partial charge in [0, 0.05) is 6.04 Å². The summed E-state index contributed by atoms with van der Waals surface area (Å²) in [4.78, 5) is 2.23. The Kier molecular flexibility index (Phi) is 2.81. The maximum atomic E-state index is 10.7. The lowest BCUT2D eigenvalue weighted by Crippen LogP contribution is -2.51. The molecule has 0 aliphatic carbocycles. The van der Waals surface area contributed by atoms with Crippen molar-refractivity contribution in [2.45, 2.75) is 31.4 Å². The van der Waals surface area contributed by atoms with Gasteiger partial charge in [0.2, 0.25) is 0 Å². The average molecular weight is 205 g/mol. The van der Waals surface area contributed by atoms with Crippen LogP contribution in [0.5, 0.6) is 0 Å². The van der Waals surface area contributed by atoms with Crippen LogP contribution in [0.15, 0.2) is 30.3 Å². The molecule has 2 heteroatoms. The van der Waals surface area contributed by atoms with E-state index in [1.54, 1.807) is 0 Å². The van der Waals surface area contributed by atoms with Crippen LogP contribution in [-0.4, -0.2) is 29.6 Å². The summed E-state index contributed by atoms with van der Waals surface area (Å²) < 4.78 is 0. The molecule has 1 aromatic rings. The van der Waals surface area contributed by atoms with Crippen molar-refractivity contribution >= 4 is 0 Å². The number of likely N-dealkylation sites (tertiary alicyclic amines) is 1. The molecule has 2 atom stereocenters. The second-order valence-corrected chi connectivity index (χ2v) is 4.55. The molecule has 82 valence electrons. The SMILES string of the molecule is C[C@@H]1N(C)CCC[C@@]1(O)c1ccccc1. The van der Waals surface area contributed by atoms with Crippen LogP contribution in [0.4, 0.5) is 0 Å². The summed E-state index contributed by atoms with van der Waals surface area (Å²) in [5.41, 5.74) is 0.373. The van der Waals surface area contributed by atoms with E-state index in [-0.39, 0.29) is 6.04 Å². The molecule has 0 radical (unpaired) electrons. The van der Waals surface area contributed by atoms with E-state index < -0.39 is 5.60 Å². The zero-order chi connectivity index (χ0) is 10.9. The third-order valence-corrected chi connectivity index (χ3v) is 3.69. The predicted molar refractivity (Wildman–Crippen MR) is 61.7 cm³/mol. The molecule has 0 amide bonds. The highest BCUT2D eigenvalue weighted by molar-refractivity contribution is 5.24. The molecule has 1 fully saturated rings. The Balaban J connectivity index is 2.32. The Hall–Kier alpha value is -0.860. The first-order chi connectivity index (χ1) is 7.14. The van der Waals surface area contributed by atoms with Gasteiger partial charge in [0.15, 0.2) is 0 Å². The van der Waals surface area contributed by atoms with Gasteiger partial charge in [-0.25, -0.2) is 0 Å². The van der Waals surface area contributed by atoms with Gasteiger partial charge >= 0.3 is 0 Å². The molecule has 15 heavy (non-hydrogen) atoms. The fraction of sp³-hybridized carbons (Fsp3) is 0.538. The maximum Gasteiger partial charge on any atom is 0.105 e. The summed E-state index contributed by atoms with van der Waals surface area (Å²) in [5, 5.41) is 10.7. The quantitative estimate of drug-likeness (QED) is 0.758. The van der Waals surface area contributed by atoms with E-state index in [1.165, 1.54) is 0 Å². The maximum absolute atomic E-state index is 10.7. The highest BCUT2D eigenvalue weighted by Gasteiger charge is 2.40. The highest BCUT2D eigenvalue weighted by Crippen LogP contribution is 2.35. The molecule has 2 nitrogen and oxygen atoms in total. The van der Waals surface area contributed by atoms with Gasteiger partial charge in [0.25, 0.3) is 0 Å². The van der Waals surface area contributed by atoms with Crippen LogP contribution < -0.4 is 0 Å². The monoisotopic (exact) mass is 205 g/mol. The van der Waals surface area contributed by atoms with E-state index in [9.17, 15) is 5.11 Å². The summed E-state index contributed by atoms with van der Waals surface area (Å²) >= 11 is 0. The number of nitrogens with zero attached hydrogens (tertiary/aromatic N) is 1. The van der Waals surface area contributed by atoms with E-state index in [0.29, 0.717) is 0 Å². The van der Waals surface area contributed by atoms with Gasteiger partial charge < -0.3 is 10.0 Å².